The number of fused-ring (bicyclic) bond motifs is 2. The van der Waals surface area contributed by atoms with Crippen LogP contribution in [0.2, 0.25) is 0 Å². The van der Waals surface area contributed by atoms with Crippen LogP contribution in [0.3, 0.4) is 0 Å². The quantitative estimate of drug-likeness (QED) is 0.124. The molecule has 0 fully saturated rings. The average molecular weight is 643 g/mol. The van der Waals surface area contributed by atoms with E-state index in [0.717, 1.165) is 25.9 Å². The van der Waals surface area contributed by atoms with Gasteiger partial charge in [0.1, 0.15) is 12.4 Å². The van der Waals surface area contributed by atoms with Crippen molar-refractivity contribution < 1.29 is 66.6 Å². The SMILES string of the molecule is [O-][Cl+3]([O-])([O-])[O-].[O-][Cl+3]([O-])([O-])[O-].c1ccc(-c2c[n+]3ccccc3n2CCCCn2c(-c3ccccc3)c[n+]3ccccc23)cc1. The van der Waals surface area contributed by atoms with E-state index in [0.29, 0.717) is 0 Å². The molecule has 14 heteroatoms. The Hall–Kier alpha value is -3.92. The van der Waals surface area contributed by atoms with Crippen LogP contribution in [-0.2, 0) is 13.1 Å². The third-order valence-corrected chi connectivity index (χ3v) is 6.55. The molecular formula is C30H28Cl2N4O8. The molecule has 0 N–H and O–H groups in total. The largest absolute Gasteiger partial charge is 0.286 e. The molecule has 44 heavy (non-hydrogen) atoms. The Kier molecular flexibility index (Phi) is 11.0. The number of halogens is 2. The van der Waals surface area contributed by atoms with E-state index in [1.165, 1.54) is 33.8 Å². The molecule has 2 aromatic carbocycles. The maximum absolute atomic E-state index is 8.49. The molecule has 6 aromatic rings. The predicted octanol–water partition coefficient (Wildman–Crippen LogP) is -3.93. The van der Waals surface area contributed by atoms with Gasteiger partial charge in [0.05, 0.1) is 25.5 Å². The Balaban J connectivity index is 0.000000386. The van der Waals surface area contributed by atoms with E-state index >= 15 is 0 Å². The fourth-order valence-electron chi connectivity index (χ4n) is 4.91. The summed E-state index contributed by atoms with van der Waals surface area (Å²) in [6, 6.07) is 34.2. The van der Waals surface area contributed by atoms with Crippen molar-refractivity contribution in [1.82, 2.24) is 9.13 Å². The number of aromatic nitrogens is 4. The number of nitrogens with zero attached hydrogens (tertiary/aromatic N) is 4. The molecule has 0 aliphatic carbocycles. The summed E-state index contributed by atoms with van der Waals surface area (Å²) < 4.78 is 77.3. The third-order valence-electron chi connectivity index (χ3n) is 6.55. The zero-order chi connectivity index (χ0) is 31.7. The molecule has 0 radical (unpaired) electrons. The van der Waals surface area contributed by atoms with E-state index in [2.05, 4.69) is 140 Å². The second-order valence-corrected chi connectivity index (χ2v) is 11.0. The van der Waals surface area contributed by atoms with Crippen molar-refractivity contribution in [1.29, 1.82) is 0 Å². The second kappa shape index (κ2) is 14.7. The summed E-state index contributed by atoms with van der Waals surface area (Å²) >= 11 is 0. The number of benzene rings is 2. The number of unbranched alkanes of at least 4 members (excludes halogenated alkanes) is 1. The molecule has 0 bridgehead atoms. The van der Waals surface area contributed by atoms with Crippen molar-refractivity contribution in [2.24, 2.45) is 0 Å². The predicted molar refractivity (Wildman–Crippen MR) is 135 cm³/mol. The maximum Gasteiger partial charge on any atom is 0.286 e. The highest BCUT2D eigenvalue weighted by Gasteiger charge is 2.20. The molecule has 0 aliphatic heterocycles. The van der Waals surface area contributed by atoms with E-state index in [1.54, 1.807) is 0 Å². The maximum atomic E-state index is 8.49. The Labute approximate surface area is 256 Å². The summed E-state index contributed by atoms with van der Waals surface area (Å²) in [7, 11) is -9.89. The summed E-state index contributed by atoms with van der Waals surface area (Å²) in [5.41, 5.74) is 7.50. The monoisotopic (exact) mass is 642 g/mol. The van der Waals surface area contributed by atoms with Crippen molar-refractivity contribution in [3.63, 3.8) is 0 Å². The van der Waals surface area contributed by atoms with Gasteiger partial charge in [-0.2, -0.15) is 0 Å². The van der Waals surface area contributed by atoms with Crippen LogP contribution in [0.1, 0.15) is 12.8 Å². The molecule has 0 spiro atoms. The lowest BCUT2D eigenvalue weighted by Crippen LogP contribution is -2.68. The van der Waals surface area contributed by atoms with Crippen LogP contribution >= 0.6 is 0 Å². The van der Waals surface area contributed by atoms with Crippen LogP contribution < -0.4 is 46.1 Å². The van der Waals surface area contributed by atoms with Crippen molar-refractivity contribution in [2.75, 3.05) is 0 Å². The number of aryl methyl sites for hydroxylation is 2. The van der Waals surface area contributed by atoms with Crippen LogP contribution in [0.5, 0.6) is 0 Å². The first-order chi connectivity index (χ1) is 20.9. The topological polar surface area (TPSA) is 203 Å². The molecule has 0 aliphatic rings. The highest BCUT2D eigenvalue weighted by molar-refractivity contribution is 5.62. The lowest BCUT2D eigenvalue weighted by Gasteiger charge is -2.17. The first kappa shape index (κ1) is 33.0. The highest BCUT2D eigenvalue weighted by Crippen LogP contribution is 2.23. The van der Waals surface area contributed by atoms with Gasteiger partial charge >= 0.3 is 0 Å². The zero-order valence-electron chi connectivity index (χ0n) is 23.2. The van der Waals surface area contributed by atoms with E-state index in [-0.39, 0.29) is 0 Å². The van der Waals surface area contributed by atoms with Gasteiger partial charge < -0.3 is 0 Å². The molecule has 4 aromatic heterocycles. The first-order valence-corrected chi connectivity index (χ1v) is 15.7. The molecule has 4 heterocycles. The van der Waals surface area contributed by atoms with Crippen LogP contribution in [0, 0.1) is 20.5 Å². The fourth-order valence-corrected chi connectivity index (χ4v) is 4.91. The average Bonchev–Trinajstić information content (AvgIpc) is 3.53. The van der Waals surface area contributed by atoms with E-state index in [1.807, 2.05) is 0 Å². The summed E-state index contributed by atoms with van der Waals surface area (Å²) in [5, 5.41) is 0. The molecular weight excluding hydrogens is 615 g/mol. The van der Waals surface area contributed by atoms with Gasteiger partial charge in [-0.05, 0) is 25.0 Å². The smallest absolute Gasteiger partial charge is 0.223 e. The molecule has 6 rings (SSSR count). The van der Waals surface area contributed by atoms with Gasteiger partial charge in [0.15, 0.2) is 11.4 Å². The van der Waals surface area contributed by atoms with Crippen LogP contribution in [0.15, 0.2) is 122 Å². The van der Waals surface area contributed by atoms with Gasteiger partial charge in [-0.3, -0.25) is 0 Å². The minimum Gasteiger partial charge on any atom is -0.223 e. The van der Waals surface area contributed by atoms with Gasteiger partial charge in [0.25, 0.3) is 11.3 Å². The Morgan fingerprint density at radius 3 is 1.11 bits per heavy atom. The van der Waals surface area contributed by atoms with Gasteiger partial charge in [0.2, 0.25) is 0 Å². The van der Waals surface area contributed by atoms with Gasteiger partial charge in [-0.15, -0.1) is 20.5 Å². The van der Waals surface area contributed by atoms with Crippen molar-refractivity contribution in [3.8, 4) is 22.5 Å². The minimum absolute atomic E-state index is 0.984. The van der Waals surface area contributed by atoms with Crippen molar-refractivity contribution >= 4 is 11.3 Å². The van der Waals surface area contributed by atoms with Crippen LogP contribution in [-0.4, -0.2) is 9.13 Å². The summed E-state index contributed by atoms with van der Waals surface area (Å²) in [6.07, 6.45) is 11.0. The van der Waals surface area contributed by atoms with Crippen molar-refractivity contribution in [3.05, 3.63) is 122 Å². The number of imidazole rings is 2. The highest BCUT2D eigenvalue weighted by atomic mass is 35.7. The Morgan fingerprint density at radius 1 is 0.455 bits per heavy atom. The number of hydrogen-bond donors (Lipinski definition) is 0. The van der Waals surface area contributed by atoms with Gasteiger partial charge in [-0.25, -0.2) is 55.2 Å². The fraction of sp³-hybridized carbons (Fsp3) is 0.133. The molecule has 0 amide bonds. The van der Waals surface area contributed by atoms with Gasteiger partial charge in [0, 0.05) is 23.3 Å². The van der Waals surface area contributed by atoms with Crippen LogP contribution in [0.25, 0.3) is 33.8 Å². The van der Waals surface area contributed by atoms with Crippen LogP contribution in [0.4, 0.5) is 0 Å². The van der Waals surface area contributed by atoms with Crippen molar-refractivity contribution in [2.45, 2.75) is 25.9 Å². The normalized spacial score (nSPS) is 11.5. The molecule has 0 atom stereocenters. The number of pyridine rings is 2. The van der Waals surface area contributed by atoms with E-state index in [9.17, 15) is 0 Å². The number of hydrogen-bond acceptors (Lipinski definition) is 8. The molecule has 12 nitrogen and oxygen atoms in total. The minimum atomic E-state index is -4.94. The Morgan fingerprint density at radius 2 is 0.773 bits per heavy atom. The zero-order valence-corrected chi connectivity index (χ0v) is 24.7. The van der Waals surface area contributed by atoms with Gasteiger partial charge in [-0.1, -0.05) is 72.8 Å². The number of rotatable bonds is 7. The standard InChI is InChI=1S/C30H28N4.2ClHO4/c1-3-13-25(14-4-1)27-23-31-19-9-7-17-29(31)33(27)21-11-12-22-34-28(26-15-5-2-6-16-26)24-32-20-10-8-18-30(32)34;2*2-1(3,4)5/h1-10,13-20,23-24H,11-12,21-22H2;2*(H,2,3,4,5)/q+2;;/p-2. The lowest BCUT2D eigenvalue weighted by molar-refractivity contribution is -2.00. The molecule has 230 valence electrons. The molecule has 0 unspecified atom stereocenters. The first-order valence-electron chi connectivity index (χ1n) is 13.2. The lowest BCUT2D eigenvalue weighted by atomic mass is 10.1. The second-order valence-electron chi connectivity index (χ2n) is 9.46. The van der Waals surface area contributed by atoms with E-state index in [4.69, 9.17) is 37.3 Å². The van der Waals surface area contributed by atoms with E-state index < -0.39 is 20.5 Å². The Bertz CT molecular complexity index is 1630. The molecule has 0 saturated carbocycles. The molecule has 0 saturated heterocycles. The summed E-state index contributed by atoms with van der Waals surface area (Å²) in [5.74, 6) is 0. The summed E-state index contributed by atoms with van der Waals surface area (Å²) in [6.45, 7) is 1.97. The third kappa shape index (κ3) is 9.80. The summed E-state index contributed by atoms with van der Waals surface area (Å²) in [4.78, 5) is 0.